The van der Waals surface area contributed by atoms with Gasteiger partial charge in [0.2, 0.25) is 0 Å². The first-order chi connectivity index (χ1) is 12.1. The minimum absolute atomic E-state index is 0.167. The van der Waals surface area contributed by atoms with Crippen molar-refractivity contribution < 1.29 is 30.0 Å². The predicted molar refractivity (Wildman–Crippen MR) is 103 cm³/mol. The maximum atomic E-state index is 9.44. The summed E-state index contributed by atoms with van der Waals surface area (Å²) in [6.45, 7) is 9.00. The quantitative estimate of drug-likeness (QED) is 0.180. The molecule has 0 saturated heterocycles. The lowest BCUT2D eigenvalue weighted by molar-refractivity contribution is -0.115. The summed E-state index contributed by atoms with van der Waals surface area (Å²) in [5.41, 5.74) is 10.3. The molecule has 0 radical (unpaired) electrons. The standard InChI is InChI=1S/2C5H14N2O2.2C3H6O/c2*6-1-2-7-3-5(9)4-8;2*1-3(2)4/h2*5,7-9H,1-4,6H2;2*1-2H3. The molecule has 0 saturated carbocycles. The molecule has 0 aliphatic rings. The van der Waals surface area contributed by atoms with Crippen LogP contribution in [-0.4, -0.2) is 96.7 Å². The van der Waals surface area contributed by atoms with Crippen LogP contribution in [-0.2, 0) is 9.59 Å². The maximum Gasteiger partial charge on any atom is 0.126 e. The number of carbonyl (C=O) groups excluding carboxylic acids is 2. The third-order valence-electron chi connectivity index (χ3n) is 1.82. The molecular formula is C16H40N4O6. The van der Waals surface area contributed by atoms with Crippen LogP contribution in [0.5, 0.6) is 0 Å². The number of ketones is 2. The number of hydrogen-bond acceptors (Lipinski definition) is 10. The molecule has 2 atom stereocenters. The Hall–Kier alpha value is -0.980. The van der Waals surface area contributed by atoms with Gasteiger partial charge < -0.3 is 52.1 Å². The van der Waals surface area contributed by atoms with Gasteiger partial charge in [-0.3, -0.25) is 0 Å². The second kappa shape index (κ2) is 28.8. The van der Waals surface area contributed by atoms with Crippen molar-refractivity contribution in [2.24, 2.45) is 11.5 Å². The number of rotatable bonds is 10. The van der Waals surface area contributed by atoms with E-state index < -0.39 is 12.2 Å². The topological polar surface area (TPSA) is 191 Å². The van der Waals surface area contributed by atoms with Gasteiger partial charge in [0.05, 0.1) is 25.4 Å². The summed E-state index contributed by atoms with van der Waals surface area (Å²) >= 11 is 0. The Labute approximate surface area is 157 Å². The lowest BCUT2D eigenvalue weighted by Gasteiger charge is -2.06. The van der Waals surface area contributed by atoms with E-state index in [0.29, 0.717) is 39.3 Å². The van der Waals surface area contributed by atoms with Crippen LogP contribution in [0.2, 0.25) is 0 Å². The molecule has 0 aromatic rings. The zero-order chi connectivity index (χ0) is 21.4. The summed E-state index contributed by atoms with van der Waals surface area (Å²) in [6, 6.07) is 0. The first-order valence-electron chi connectivity index (χ1n) is 8.42. The molecule has 0 aliphatic carbocycles. The molecule has 0 aliphatic heterocycles. The number of carbonyl (C=O) groups is 2. The van der Waals surface area contributed by atoms with Gasteiger partial charge in [-0.05, 0) is 27.7 Å². The van der Waals surface area contributed by atoms with Gasteiger partial charge in [-0.2, -0.15) is 0 Å². The fraction of sp³-hybridized carbons (Fsp3) is 0.875. The number of nitrogens with one attached hydrogen (secondary N) is 2. The zero-order valence-electron chi connectivity index (χ0n) is 16.6. The van der Waals surface area contributed by atoms with E-state index in [4.69, 9.17) is 31.9 Å². The van der Waals surface area contributed by atoms with Crippen LogP contribution in [0.3, 0.4) is 0 Å². The van der Waals surface area contributed by atoms with E-state index >= 15 is 0 Å². The van der Waals surface area contributed by atoms with E-state index in [0.717, 1.165) is 0 Å². The number of hydrogen-bond donors (Lipinski definition) is 8. The highest BCUT2D eigenvalue weighted by atomic mass is 16.3. The number of nitrogens with two attached hydrogens (primary N) is 2. The van der Waals surface area contributed by atoms with Crippen LogP contribution in [0.4, 0.5) is 0 Å². The Morgan fingerprint density at radius 3 is 1.15 bits per heavy atom. The van der Waals surface area contributed by atoms with E-state index in [1.165, 1.54) is 27.7 Å². The number of Topliss-reactive ketones (excluding diaryl/α,β-unsaturated/α-hetero) is 2. The predicted octanol–water partition coefficient (Wildman–Crippen LogP) is -3.03. The summed E-state index contributed by atoms with van der Waals surface area (Å²) in [5, 5.41) is 39.8. The Balaban J connectivity index is -0.000000134. The van der Waals surface area contributed by atoms with Crippen LogP contribution in [0.25, 0.3) is 0 Å². The average Bonchev–Trinajstić information content (AvgIpc) is 2.54. The Bertz CT molecular complexity index is 260. The van der Waals surface area contributed by atoms with Gasteiger partial charge >= 0.3 is 0 Å². The Morgan fingerprint density at radius 1 is 0.769 bits per heavy atom. The van der Waals surface area contributed by atoms with Crippen LogP contribution < -0.4 is 22.1 Å². The largest absolute Gasteiger partial charge is 0.394 e. The van der Waals surface area contributed by atoms with E-state index in [1.807, 2.05) is 0 Å². The first kappa shape index (κ1) is 32.7. The van der Waals surface area contributed by atoms with Gasteiger partial charge in [0.25, 0.3) is 0 Å². The molecular weight excluding hydrogens is 344 g/mol. The minimum Gasteiger partial charge on any atom is -0.394 e. The monoisotopic (exact) mass is 384 g/mol. The second-order valence-corrected chi connectivity index (χ2v) is 5.47. The molecule has 0 spiro atoms. The third-order valence-corrected chi connectivity index (χ3v) is 1.82. The minimum atomic E-state index is -0.656. The van der Waals surface area contributed by atoms with Crippen molar-refractivity contribution in [1.82, 2.24) is 10.6 Å². The molecule has 0 bridgehead atoms. The summed E-state index contributed by atoms with van der Waals surface area (Å²) in [7, 11) is 0. The van der Waals surface area contributed by atoms with Gasteiger partial charge in [-0.25, -0.2) is 0 Å². The average molecular weight is 385 g/mol. The molecule has 0 heterocycles. The number of aliphatic hydroxyl groups is 4. The van der Waals surface area contributed by atoms with Gasteiger partial charge in [0.15, 0.2) is 0 Å². The van der Waals surface area contributed by atoms with Crippen molar-refractivity contribution in [1.29, 1.82) is 0 Å². The first-order valence-corrected chi connectivity index (χ1v) is 8.42. The second-order valence-electron chi connectivity index (χ2n) is 5.47. The molecule has 0 aromatic carbocycles. The fourth-order valence-corrected chi connectivity index (χ4v) is 0.871. The molecule has 0 aromatic heterocycles. The highest BCUT2D eigenvalue weighted by Crippen LogP contribution is 1.74. The van der Waals surface area contributed by atoms with Crippen molar-refractivity contribution in [2.45, 2.75) is 39.9 Å². The smallest absolute Gasteiger partial charge is 0.126 e. The van der Waals surface area contributed by atoms with E-state index in [2.05, 4.69) is 10.6 Å². The van der Waals surface area contributed by atoms with Gasteiger partial charge in [0.1, 0.15) is 11.6 Å². The van der Waals surface area contributed by atoms with Crippen LogP contribution in [0.15, 0.2) is 0 Å². The molecule has 0 amide bonds. The fourth-order valence-electron chi connectivity index (χ4n) is 0.871. The Morgan fingerprint density at radius 2 is 1.00 bits per heavy atom. The van der Waals surface area contributed by atoms with Crippen molar-refractivity contribution in [2.75, 3.05) is 52.5 Å². The van der Waals surface area contributed by atoms with Crippen molar-refractivity contribution in [3.8, 4) is 0 Å². The molecule has 10 nitrogen and oxygen atoms in total. The lowest BCUT2D eigenvalue weighted by atomic mass is 10.4. The SMILES string of the molecule is CC(C)=O.CC(C)=O.NCCNCC(O)CO.NCCNCC(O)CO. The van der Waals surface area contributed by atoms with Crippen LogP contribution in [0.1, 0.15) is 27.7 Å². The van der Waals surface area contributed by atoms with Crippen LogP contribution in [0, 0.1) is 0 Å². The van der Waals surface area contributed by atoms with Crippen molar-refractivity contribution in [3.63, 3.8) is 0 Å². The molecule has 2 unspecified atom stereocenters. The van der Waals surface area contributed by atoms with Crippen molar-refractivity contribution in [3.05, 3.63) is 0 Å². The summed E-state index contributed by atoms with van der Waals surface area (Å²) in [4.78, 5) is 18.9. The van der Waals surface area contributed by atoms with Crippen LogP contribution >= 0.6 is 0 Å². The lowest BCUT2D eigenvalue weighted by Crippen LogP contribution is -2.32. The van der Waals surface area contributed by atoms with E-state index in [-0.39, 0.29) is 24.8 Å². The summed E-state index contributed by atoms with van der Waals surface area (Å²) in [5.74, 6) is 0.333. The molecule has 0 fully saturated rings. The maximum absolute atomic E-state index is 9.44. The molecule has 10 heteroatoms. The van der Waals surface area contributed by atoms with Gasteiger partial charge in [0, 0.05) is 39.3 Å². The van der Waals surface area contributed by atoms with Crippen molar-refractivity contribution >= 4 is 11.6 Å². The third kappa shape index (κ3) is 65.8. The highest BCUT2D eigenvalue weighted by Gasteiger charge is 1.98. The zero-order valence-corrected chi connectivity index (χ0v) is 16.6. The normalized spacial score (nSPS) is 11.5. The van der Waals surface area contributed by atoms with Gasteiger partial charge in [-0.1, -0.05) is 0 Å². The number of aliphatic hydroxyl groups excluding tert-OH is 4. The molecule has 160 valence electrons. The summed E-state index contributed by atoms with van der Waals surface area (Å²) < 4.78 is 0. The van der Waals surface area contributed by atoms with Gasteiger partial charge in [-0.15, -0.1) is 0 Å². The highest BCUT2D eigenvalue weighted by molar-refractivity contribution is 5.72. The van der Waals surface area contributed by atoms with E-state index in [1.54, 1.807) is 0 Å². The molecule has 10 N–H and O–H groups in total. The molecule has 26 heavy (non-hydrogen) atoms. The summed E-state index contributed by atoms with van der Waals surface area (Å²) in [6.07, 6.45) is -1.31. The molecule has 0 rings (SSSR count). The van der Waals surface area contributed by atoms with E-state index in [9.17, 15) is 9.59 Å². The Kier molecular flexibility index (Phi) is 36.2.